The molecule has 1 amide bonds. The van der Waals surface area contributed by atoms with E-state index < -0.39 is 0 Å². The highest BCUT2D eigenvalue weighted by Crippen LogP contribution is 2.25. The van der Waals surface area contributed by atoms with Crippen LogP contribution < -0.4 is 5.32 Å². The molecule has 2 aromatic rings. The summed E-state index contributed by atoms with van der Waals surface area (Å²) < 4.78 is 1.80. The van der Waals surface area contributed by atoms with Gasteiger partial charge < -0.3 is 9.88 Å². The van der Waals surface area contributed by atoms with Gasteiger partial charge in [0.1, 0.15) is 5.52 Å². The molecule has 0 saturated carbocycles. The predicted molar refractivity (Wildman–Crippen MR) is 59.1 cm³/mol. The molecule has 0 bridgehead atoms. The Balaban J connectivity index is 2.79. The normalized spacial score (nSPS) is 10.6. The van der Waals surface area contributed by atoms with Crippen LogP contribution >= 0.6 is 11.6 Å². The van der Waals surface area contributed by atoms with Crippen LogP contribution in [0.5, 0.6) is 0 Å². The van der Waals surface area contributed by atoms with E-state index in [-0.39, 0.29) is 5.91 Å². The first-order valence-electron chi connectivity index (χ1n) is 4.46. The number of pyridine rings is 1. The minimum absolute atomic E-state index is 0.157. The molecule has 0 aliphatic rings. The second-order valence-corrected chi connectivity index (χ2v) is 3.63. The van der Waals surface area contributed by atoms with E-state index >= 15 is 0 Å². The van der Waals surface area contributed by atoms with Gasteiger partial charge in [0.2, 0.25) is 0 Å². The van der Waals surface area contributed by atoms with Gasteiger partial charge in [-0.2, -0.15) is 0 Å². The van der Waals surface area contributed by atoms with E-state index in [2.05, 4.69) is 10.3 Å². The Morgan fingerprint density at radius 3 is 3.00 bits per heavy atom. The number of rotatable bonds is 1. The minimum Gasteiger partial charge on any atom is -0.355 e. The second kappa shape index (κ2) is 3.55. The number of amides is 1. The number of carbonyl (C=O) groups is 1. The van der Waals surface area contributed by atoms with Gasteiger partial charge in [-0.05, 0) is 6.07 Å². The number of aryl methyl sites for hydroxylation is 1. The zero-order chi connectivity index (χ0) is 11.0. The lowest BCUT2D eigenvalue weighted by atomic mass is 10.2. The molecule has 0 saturated heterocycles. The van der Waals surface area contributed by atoms with Gasteiger partial charge in [-0.25, -0.2) is 0 Å². The number of fused-ring (bicyclic) bond motifs is 1. The molecular formula is C10H10ClN3O. The van der Waals surface area contributed by atoms with Crippen LogP contribution in [0.15, 0.2) is 18.5 Å². The van der Waals surface area contributed by atoms with E-state index in [1.807, 2.05) is 7.05 Å². The Labute approximate surface area is 91.9 Å². The number of aromatic nitrogens is 2. The molecule has 1 N–H and O–H groups in total. The summed E-state index contributed by atoms with van der Waals surface area (Å²) in [5, 5.41) is 3.17. The van der Waals surface area contributed by atoms with Gasteiger partial charge in [0.05, 0.1) is 16.1 Å². The zero-order valence-electron chi connectivity index (χ0n) is 8.41. The molecule has 78 valence electrons. The lowest BCUT2D eigenvalue weighted by Crippen LogP contribution is -2.17. The van der Waals surface area contributed by atoms with Crippen LogP contribution in [0.3, 0.4) is 0 Å². The van der Waals surface area contributed by atoms with Crippen molar-refractivity contribution < 1.29 is 4.79 Å². The SMILES string of the molecule is CNC(=O)c1cn(C)c2c(Cl)ccnc12. The number of nitrogens with one attached hydrogen (secondary N) is 1. The van der Waals surface area contributed by atoms with Crippen molar-refractivity contribution in [3.8, 4) is 0 Å². The highest BCUT2D eigenvalue weighted by molar-refractivity contribution is 6.35. The molecule has 0 aliphatic carbocycles. The van der Waals surface area contributed by atoms with Crippen LogP contribution in [0.4, 0.5) is 0 Å². The molecule has 0 radical (unpaired) electrons. The second-order valence-electron chi connectivity index (χ2n) is 3.22. The molecule has 2 heterocycles. The van der Waals surface area contributed by atoms with Crippen LogP contribution in [0.1, 0.15) is 10.4 Å². The lowest BCUT2D eigenvalue weighted by molar-refractivity contribution is 0.0964. The Morgan fingerprint density at radius 1 is 1.60 bits per heavy atom. The molecule has 2 rings (SSSR count). The number of hydrogen-bond donors (Lipinski definition) is 1. The number of nitrogens with zero attached hydrogens (tertiary/aromatic N) is 2. The predicted octanol–water partition coefficient (Wildman–Crippen LogP) is 1.59. The van der Waals surface area contributed by atoms with E-state index in [0.29, 0.717) is 16.1 Å². The van der Waals surface area contributed by atoms with Crippen molar-refractivity contribution >= 4 is 28.5 Å². The van der Waals surface area contributed by atoms with Crippen LogP contribution in [0.25, 0.3) is 11.0 Å². The Hall–Kier alpha value is -1.55. The van der Waals surface area contributed by atoms with Crippen molar-refractivity contribution in [2.45, 2.75) is 0 Å². The smallest absolute Gasteiger partial charge is 0.254 e. The summed E-state index contributed by atoms with van der Waals surface area (Å²) >= 11 is 6.03. The summed E-state index contributed by atoms with van der Waals surface area (Å²) in [6.07, 6.45) is 3.32. The van der Waals surface area contributed by atoms with Crippen molar-refractivity contribution in [2.75, 3.05) is 7.05 Å². The fraction of sp³-hybridized carbons (Fsp3) is 0.200. The molecule has 0 unspecified atom stereocenters. The molecule has 5 heteroatoms. The summed E-state index contributed by atoms with van der Waals surface area (Å²) in [5.41, 5.74) is 1.94. The third-order valence-corrected chi connectivity index (χ3v) is 2.58. The first-order chi connectivity index (χ1) is 7.15. The van der Waals surface area contributed by atoms with Gasteiger partial charge in [-0.3, -0.25) is 9.78 Å². The maximum atomic E-state index is 11.5. The fourth-order valence-corrected chi connectivity index (χ4v) is 1.86. The van der Waals surface area contributed by atoms with Crippen molar-refractivity contribution in [1.82, 2.24) is 14.9 Å². The molecular weight excluding hydrogens is 214 g/mol. The van der Waals surface area contributed by atoms with E-state index in [4.69, 9.17) is 11.6 Å². The highest BCUT2D eigenvalue weighted by Gasteiger charge is 2.15. The van der Waals surface area contributed by atoms with Crippen molar-refractivity contribution in [2.24, 2.45) is 7.05 Å². The maximum Gasteiger partial charge on any atom is 0.254 e. The van der Waals surface area contributed by atoms with Crippen LogP contribution in [-0.2, 0) is 7.05 Å². The monoisotopic (exact) mass is 223 g/mol. The maximum absolute atomic E-state index is 11.5. The van der Waals surface area contributed by atoms with Crippen LogP contribution in [-0.4, -0.2) is 22.5 Å². The van der Waals surface area contributed by atoms with Gasteiger partial charge >= 0.3 is 0 Å². The van der Waals surface area contributed by atoms with Crippen molar-refractivity contribution in [3.63, 3.8) is 0 Å². The lowest BCUT2D eigenvalue weighted by Gasteiger charge is -1.97. The van der Waals surface area contributed by atoms with E-state index in [9.17, 15) is 4.79 Å². The number of carbonyl (C=O) groups excluding carboxylic acids is 1. The Bertz CT molecular complexity index is 533. The summed E-state index contributed by atoms with van der Waals surface area (Å²) in [4.78, 5) is 15.7. The van der Waals surface area contributed by atoms with E-state index in [1.54, 1.807) is 30.1 Å². The van der Waals surface area contributed by atoms with Gasteiger partial charge in [0.25, 0.3) is 5.91 Å². The molecule has 0 aromatic carbocycles. The molecule has 0 aliphatic heterocycles. The van der Waals surface area contributed by atoms with Gasteiger partial charge in [-0.15, -0.1) is 0 Å². The minimum atomic E-state index is -0.157. The molecule has 15 heavy (non-hydrogen) atoms. The van der Waals surface area contributed by atoms with Gasteiger partial charge in [-0.1, -0.05) is 11.6 Å². The summed E-state index contributed by atoms with van der Waals surface area (Å²) in [6, 6.07) is 1.71. The van der Waals surface area contributed by atoms with Crippen LogP contribution in [0.2, 0.25) is 5.02 Å². The van der Waals surface area contributed by atoms with Crippen LogP contribution in [0, 0.1) is 0 Å². The summed E-state index contributed by atoms with van der Waals surface area (Å²) in [7, 11) is 3.42. The quantitative estimate of drug-likeness (QED) is 0.798. The molecule has 0 spiro atoms. The molecule has 2 aromatic heterocycles. The van der Waals surface area contributed by atoms with Crippen molar-refractivity contribution in [3.05, 3.63) is 29.0 Å². The first-order valence-corrected chi connectivity index (χ1v) is 4.84. The zero-order valence-corrected chi connectivity index (χ0v) is 9.17. The van der Waals surface area contributed by atoms with Gasteiger partial charge in [0, 0.05) is 26.5 Å². The number of hydrogen-bond acceptors (Lipinski definition) is 2. The summed E-state index contributed by atoms with van der Waals surface area (Å²) in [6.45, 7) is 0. The fourth-order valence-electron chi connectivity index (χ4n) is 1.58. The van der Waals surface area contributed by atoms with E-state index in [0.717, 1.165) is 5.52 Å². The first kappa shape index (κ1) is 9.98. The Morgan fingerprint density at radius 2 is 2.33 bits per heavy atom. The number of halogens is 1. The molecule has 0 atom stereocenters. The third-order valence-electron chi connectivity index (χ3n) is 2.28. The topological polar surface area (TPSA) is 46.9 Å². The Kier molecular flexibility index (Phi) is 2.36. The third kappa shape index (κ3) is 1.47. The average molecular weight is 224 g/mol. The summed E-state index contributed by atoms with van der Waals surface area (Å²) in [5.74, 6) is -0.157. The molecule has 4 nitrogen and oxygen atoms in total. The largest absolute Gasteiger partial charge is 0.355 e. The average Bonchev–Trinajstić information content (AvgIpc) is 2.56. The molecule has 0 fully saturated rings. The van der Waals surface area contributed by atoms with Crippen molar-refractivity contribution in [1.29, 1.82) is 0 Å². The van der Waals surface area contributed by atoms with E-state index in [1.165, 1.54) is 0 Å². The standard InChI is InChI=1S/C10H10ClN3O/c1-12-10(15)6-5-14(2)9-7(11)3-4-13-8(6)9/h3-5H,1-2H3,(H,12,15). The highest BCUT2D eigenvalue weighted by atomic mass is 35.5. The van der Waals surface area contributed by atoms with Gasteiger partial charge in [0.15, 0.2) is 0 Å².